The lowest BCUT2D eigenvalue weighted by Crippen LogP contribution is -2.36. The molecule has 1 aliphatic carbocycles. The number of aromatic nitrogens is 2. The standard InChI is InChI=1S/C35H35F3N4O4/c1-3-46-33(43)28-20-39-42(32(28)35(36,37)38)26-8-4-7-25(19-26)27-9-5-6-23-10-13-30(31(23)27)40-29-12-11-24(18-21(29)2)22-14-16-41(17-15-22)34(44)45/h4-9,11-12,18-20,22,30,40H,3,10,13-17H2,1-2H3,(H,44,45). The number of fused-ring (bicyclic) bond motifs is 1. The highest BCUT2D eigenvalue weighted by atomic mass is 19.4. The van der Waals surface area contributed by atoms with Gasteiger partial charge in [-0.2, -0.15) is 18.3 Å². The second-order valence-electron chi connectivity index (χ2n) is 11.8. The smallest absolute Gasteiger partial charge is 0.434 e. The molecule has 1 aromatic heterocycles. The zero-order chi connectivity index (χ0) is 32.6. The summed E-state index contributed by atoms with van der Waals surface area (Å²) in [7, 11) is 0. The van der Waals surface area contributed by atoms with Gasteiger partial charge < -0.3 is 20.1 Å². The summed E-state index contributed by atoms with van der Waals surface area (Å²) < 4.78 is 48.2. The number of halogens is 3. The molecule has 1 fully saturated rings. The highest BCUT2D eigenvalue weighted by Gasteiger charge is 2.41. The van der Waals surface area contributed by atoms with Crippen LogP contribution in [-0.4, -0.2) is 51.5 Å². The number of ether oxygens (including phenoxy) is 1. The number of benzene rings is 3. The molecule has 1 saturated heterocycles. The second-order valence-corrected chi connectivity index (χ2v) is 11.8. The van der Waals surface area contributed by atoms with Gasteiger partial charge in [0.25, 0.3) is 0 Å². The number of carbonyl (C=O) groups excluding carboxylic acids is 1. The Balaban J connectivity index is 1.28. The Bertz CT molecular complexity index is 1780. The molecule has 4 aromatic rings. The number of carbonyl (C=O) groups is 2. The average molecular weight is 633 g/mol. The first-order valence-electron chi connectivity index (χ1n) is 15.4. The van der Waals surface area contributed by atoms with Crippen LogP contribution in [-0.2, 0) is 17.3 Å². The Morgan fingerprint density at radius 2 is 1.80 bits per heavy atom. The molecule has 0 spiro atoms. The van der Waals surface area contributed by atoms with Gasteiger partial charge in [-0.1, -0.05) is 42.5 Å². The lowest BCUT2D eigenvalue weighted by atomic mass is 9.88. The normalized spacial score (nSPS) is 16.7. The maximum Gasteiger partial charge on any atom is 0.434 e. The number of nitrogens with one attached hydrogen (secondary N) is 1. The molecule has 1 unspecified atom stereocenters. The predicted molar refractivity (Wildman–Crippen MR) is 167 cm³/mol. The first kappa shape index (κ1) is 31.2. The van der Waals surface area contributed by atoms with Crippen LogP contribution in [0.5, 0.6) is 0 Å². The van der Waals surface area contributed by atoms with Crippen LogP contribution < -0.4 is 5.32 Å². The summed E-state index contributed by atoms with van der Waals surface area (Å²) in [5, 5.41) is 17.0. The van der Waals surface area contributed by atoms with Crippen molar-refractivity contribution < 1.29 is 32.6 Å². The zero-order valence-corrected chi connectivity index (χ0v) is 25.6. The molecule has 2 heterocycles. The van der Waals surface area contributed by atoms with Gasteiger partial charge in [0, 0.05) is 18.8 Å². The summed E-state index contributed by atoms with van der Waals surface area (Å²) in [5.74, 6) is -0.755. The molecule has 2 N–H and O–H groups in total. The minimum absolute atomic E-state index is 0.0101. The Morgan fingerprint density at radius 3 is 2.50 bits per heavy atom. The van der Waals surface area contributed by atoms with Crippen LogP contribution in [0.1, 0.15) is 76.5 Å². The number of rotatable bonds is 7. The van der Waals surface area contributed by atoms with E-state index in [1.807, 2.05) is 18.2 Å². The number of hydrogen-bond acceptors (Lipinski definition) is 5. The number of carboxylic acid groups (broad SMARTS) is 1. The zero-order valence-electron chi connectivity index (χ0n) is 25.6. The Morgan fingerprint density at radius 1 is 1.04 bits per heavy atom. The van der Waals surface area contributed by atoms with Crippen molar-refractivity contribution in [2.24, 2.45) is 0 Å². The van der Waals surface area contributed by atoms with Crippen molar-refractivity contribution in [2.45, 2.75) is 57.7 Å². The maximum atomic E-state index is 14.2. The van der Waals surface area contributed by atoms with Crippen LogP contribution in [0.25, 0.3) is 16.8 Å². The third-order valence-electron chi connectivity index (χ3n) is 9.00. The lowest BCUT2D eigenvalue weighted by molar-refractivity contribution is -0.143. The molecule has 46 heavy (non-hydrogen) atoms. The van der Waals surface area contributed by atoms with E-state index in [1.54, 1.807) is 12.1 Å². The van der Waals surface area contributed by atoms with Crippen molar-refractivity contribution in [3.8, 4) is 16.8 Å². The summed E-state index contributed by atoms with van der Waals surface area (Å²) in [6.45, 7) is 4.61. The summed E-state index contributed by atoms with van der Waals surface area (Å²) in [6.07, 6.45) is -1.48. The van der Waals surface area contributed by atoms with E-state index in [0.29, 0.717) is 19.0 Å². The molecule has 8 nitrogen and oxygen atoms in total. The van der Waals surface area contributed by atoms with Crippen molar-refractivity contribution in [1.82, 2.24) is 14.7 Å². The van der Waals surface area contributed by atoms with E-state index in [9.17, 15) is 27.9 Å². The van der Waals surface area contributed by atoms with Gasteiger partial charge in [0.2, 0.25) is 0 Å². The van der Waals surface area contributed by atoms with Gasteiger partial charge in [0.1, 0.15) is 5.56 Å². The fraction of sp³-hybridized carbons (Fsp3) is 0.343. The highest BCUT2D eigenvalue weighted by Crippen LogP contribution is 2.42. The molecule has 0 saturated carbocycles. The molecule has 1 amide bonds. The van der Waals surface area contributed by atoms with Gasteiger partial charge in [-0.3, -0.25) is 0 Å². The van der Waals surface area contributed by atoms with Crippen LogP contribution in [0.2, 0.25) is 0 Å². The van der Waals surface area contributed by atoms with Crippen molar-refractivity contribution in [3.63, 3.8) is 0 Å². The van der Waals surface area contributed by atoms with Crippen LogP contribution >= 0.6 is 0 Å². The molecular weight excluding hydrogens is 597 g/mol. The highest BCUT2D eigenvalue weighted by molar-refractivity contribution is 5.91. The number of likely N-dealkylation sites (tertiary alicyclic amines) is 1. The topological polar surface area (TPSA) is 96.7 Å². The van der Waals surface area contributed by atoms with Crippen molar-refractivity contribution in [1.29, 1.82) is 0 Å². The predicted octanol–water partition coefficient (Wildman–Crippen LogP) is 8.00. The van der Waals surface area contributed by atoms with Gasteiger partial charge >= 0.3 is 18.2 Å². The van der Waals surface area contributed by atoms with E-state index in [2.05, 4.69) is 41.6 Å². The fourth-order valence-electron chi connectivity index (χ4n) is 6.76. The molecule has 3 aromatic carbocycles. The third kappa shape index (κ3) is 6.05. The number of nitrogens with zero attached hydrogens (tertiary/aromatic N) is 3. The van der Waals surface area contributed by atoms with E-state index in [1.165, 1.54) is 29.0 Å². The molecule has 6 rings (SSSR count). The van der Waals surface area contributed by atoms with E-state index in [0.717, 1.165) is 64.5 Å². The number of aryl methyl sites for hydroxylation is 2. The van der Waals surface area contributed by atoms with Crippen LogP contribution in [0, 0.1) is 6.92 Å². The van der Waals surface area contributed by atoms with Crippen LogP contribution in [0.3, 0.4) is 0 Å². The summed E-state index contributed by atoms with van der Waals surface area (Å²) in [4.78, 5) is 25.1. The van der Waals surface area contributed by atoms with Crippen LogP contribution in [0.15, 0.2) is 66.9 Å². The van der Waals surface area contributed by atoms with Crippen molar-refractivity contribution in [2.75, 3.05) is 25.0 Å². The van der Waals surface area contributed by atoms with Gasteiger partial charge in [-0.05, 0) is 97.0 Å². The van der Waals surface area contributed by atoms with E-state index in [4.69, 9.17) is 4.74 Å². The summed E-state index contributed by atoms with van der Waals surface area (Å²) >= 11 is 0. The first-order chi connectivity index (χ1) is 22.0. The van der Waals surface area contributed by atoms with Crippen molar-refractivity contribution >= 4 is 17.7 Å². The maximum absolute atomic E-state index is 14.2. The van der Waals surface area contributed by atoms with Gasteiger partial charge in [-0.15, -0.1) is 0 Å². The monoisotopic (exact) mass is 632 g/mol. The molecule has 240 valence electrons. The molecule has 1 atom stereocenters. The number of anilines is 1. The Kier molecular flexibility index (Phi) is 8.50. The number of hydrogen-bond donors (Lipinski definition) is 2. The molecule has 11 heteroatoms. The minimum Gasteiger partial charge on any atom is -0.465 e. The van der Waals surface area contributed by atoms with Crippen LogP contribution in [0.4, 0.5) is 23.7 Å². The first-order valence-corrected chi connectivity index (χ1v) is 15.4. The number of piperidine rings is 1. The van der Waals surface area contributed by atoms with Gasteiger partial charge in [0.15, 0.2) is 5.69 Å². The number of esters is 1. The SMILES string of the molecule is CCOC(=O)c1cnn(-c2cccc(-c3cccc4c3C(Nc3ccc(C5CCN(C(=O)O)CC5)cc3C)CC4)c2)c1C(F)(F)F. The summed E-state index contributed by atoms with van der Waals surface area (Å²) in [6, 6.07) is 19.2. The molecule has 1 aliphatic heterocycles. The molecular formula is C35H35F3N4O4. The van der Waals surface area contributed by atoms with E-state index < -0.39 is 29.5 Å². The number of amides is 1. The lowest BCUT2D eigenvalue weighted by Gasteiger charge is -2.30. The fourth-order valence-corrected chi connectivity index (χ4v) is 6.76. The third-order valence-corrected chi connectivity index (χ3v) is 9.00. The number of alkyl halides is 3. The molecule has 2 aliphatic rings. The van der Waals surface area contributed by atoms with Crippen molar-refractivity contribution in [3.05, 3.63) is 100 Å². The minimum atomic E-state index is -4.83. The molecule has 0 bridgehead atoms. The average Bonchev–Trinajstić information content (AvgIpc) is 3.68. The van der Waals surface area contributed by atoms with Gasteiger partial charge in [0.05, 0.1) is 24.5 Å². The Labute approximate surface area is 264 Å². The molecule has 0 radical (unpaired) electrons. The quantitative estimate of drug-likeness (QED) is 0.201. The second kappa shape index (κ2) is 12.5. The largest absolute Gasteiger partial charge is 0.465 e. The van der Waals surface area contributed by atoms with E-state index >= 15 is 0 Å². The Hall–Kier alpha value is -4.80. The van der Waals surface area contributed by atoms with Gasteiger partial charge in [-0.25, -0.2) is 14.3 Å². The summed E-state index contributed by atoms with van der Waals surface area (Å²) in [5.41, 5.74) is 5.63. The van der Waals surface area contributed by atoms with E-state index in [-0.39, 0.29) is 18.3 Å².